The zero-order valence-electron chi connectivity index (χ0n) is 14.1. The second-order valence-corrected chi connectivity index (χ2v) is 5.12. The molecule has 0 heterocycles. The third-order valence-corrected chi connectivity index (χ3v) is 2.85. The van der Waals surface area contributed by atoms with Gasteiger partial charge in [0.15, 0.2) is 0 Å². The van der Waals surface area contributed by atoms with Gasteiger partial charge in [-0.15, -0.1) is 0 Å². The van der Waals surface area contributed by atoms with Crippen LogP contribution in [0.1, 0.15) is 78.6 Å². The van der Waals surface area contributed by atoms with E-state index in [4.69, 9.17) is 15.0 Å². The molecule has 124 valence electrons. The second kappa shape index (κ2) is 18.9. The average molecular weight is 297 g/mol. The second-order valence-electron chi connectivity index (χ2n) is 5.12. The van der Waals surface area contributed by atoms with Gasteiger partial charge in [-0.05, 0) is 51.9 Å². The lowest BCUT2D eigenvalue weighted by molar-refractivity contribution is -0.302. The molecule has 0 aliphatic heterocycles. The first-order valence-corrected chi connectivity index (χ1v) is 8.19. The van der Waals surface area contributed by atoms with Gasteiger partial charge in [-0.3, -0.25) is 0 Å². The topological polar surface area (TPSA) is 60.4 Å². The Morgan fingerprint density at radius 2 is 1.52 bits per heavy atom. The molecule has 0 amide bonds. The van der Waals surface area contributed by atoms with Crippen molar-refractivity contribution in [3.63, 3.8) is 0 Å². The van der Waals surface area contributed by atoms with Crippen LogP contribution in [-0.4, -0.2) is 17.7 Å². The Morgan fingerprint density at radius 3 is 2.00 bits per heavy atom. The SMILES string of the molecule is CC(=O)[O-].CCCC(=CCCC=CCCCCO)CCC. The third kappa shape index (κ3) is 24.3. The molecule has 1 N–H and O–H groups in total. The zero-order chi connectivity index (χ0) is 16.3. The molecule has 0 unspecified atom stereocenters. The van der Waals surface area contributed by atoms with E-state index in [0.717, 1.165) is 32.6 Å². The molecule has 21 heavy (non-hydrogen) atoms. The summed E-state index contributed by atoms with van der Waals surface area (Å²) in [7, 11) is 0. The van der Waals surface area contributed by atoms with Crippen LogP contribution in [-0.2, 0) is 4.79 Å². The van der Waals surface area contributed by atoms with Crippen LogP contribution in [0.4, 0.5) is 0 Å². The predicted octanol–water partition coefficient (Wildman–Crippen LogP) is 3.77. The van der Waals surface area contributed by atoms with Crippen molar-refractivity contribution in [2.75, 3.05) is 6.61 Å². The lowest BCUT2D eigenvalue weighted by Crippen LogP contribution is -2.16. The Bertz CT molecular complexity index is 268. The van der Waals surface area contributed by atoms with Crippen molar-refractivity contribution in [3.8, 4) is 0 Å². The number of carbonyl (C=O) groups excluding carboxylic acids is 1. The lowest BCUT2D eigenvalue weighted by Gasteiger charge is -2.03. The molecule has 0 atom stereocenters. The number of hydrogen-bond donors (Lipinski definition) is 1. The van der Waals surface area contributed by atoms with Crippen LogP contribution in [0, 0.1) is 0 Å². The van der Waals surface area contributed by atoms with Crippen molar-refractivity contribution in [1.82, 2.24) is 0 Å². The van der Waals surface area contributed by atoms with Gasteiger partial charge in [0.2, 0.25) is 0 Å². The molecule has 0 aliphatic rings. The molecule has 0 aromatic carbocycles. The zero-order valence-corrected chi connectivity index (χ0v) is 14.1. The summed E-state index contributed by atoms with van der Waals surface area (Å²) < 4.78 is 0. The van der Waals surface area contributed by atoms with E-state index in [-0.39, 0.29) is 0 Å². The molecule has 0 aromatic rings. The van der Waals surface area contributed by atoms with Crippen molar-refractivity contribution in [2.45, 2.75) is 78.6 Å². The van der Waals surface area contributed by atoms with Gasteiger partial charge >= 0.3 is 0 Å². The minimum Gasteiger partial charge on any atom is -0.550 e. The number of unbranched alkanes of at least 4 members (excludes halogenated alkanes) is 3. The molecule has 0 radical (unpaired) electrons. The molecule has 0 rings (SSSR count). The Kier molecular flexibility index (Phi) is 20.0. The maximum absolute atomic E-state index is 8.89. The smallest absolute Gasteiger partial charge is 0.0431 e. The van der Waals surface area contributed by atoms with Gasteiger partial charge in [-0.2, -0.15) is 0 Å². The summed E-state index contributed by atoms with van der Waals surface area (Å²) >= 11 is 0. The fraction of sp³-hybridized carbons (Fsp3) is 0.722. The van der Waals surface area contributed by atoms with Gasteiger partial charge in [-0.25, -0.2) is 0 Å². The Morgan fingerprint density at radius 1 is 1.00 bits per heavy atom. The lowest BCUT2D eigenvalue weighted by atomic mass is 10.0. The van der Waals surface area contributed by atoms with E-state index in [2.05, 4.69) is 32.1 Å². The number of carboxylic acids is 1. The molecular weight excluding hydrogens is 264 g/mol. The minimum atomic E-state index is -1.08. The van der Waals surface area contributed by atoms with Gasteiger partial charge in [0.25, 0.3) is 0 Å². The molecule has 3 nitrogen and oxygen atoms in total. The molecule has 0 spiro atoms. The van der Waals surface area contributed by atoms with Gasteiger partial charge in [0.1, 0.15) is 0 Å². The van der Waals surface area contributed by atoms with E-state index in [1.165, 1.54) is 32.1 Å². The van der Waals surface area contributed by atoms with E-state index in [9.17, 15) is 0 Å². The van der Waals surface area contributed by atoms with Crippen LogP contribution in [0.2, 0.25) is 0 Å². The monoisotopic (exact) mass is 297 g/mol. The van der Waals surface area contributed by atoms with E-state index >= 15 is 0 Å². The quantitative estimate of drug-likeness (QED) is 0.466. The number of aliphatic carboxylic acids is 1. The first-order valence-electron chi connectivity index (χ1n) is 8.19. The van der Waals surface area contributed by atoms with Gasteiger partial charge in [-0.1, -0.05) is 50.5 Å². The van der Waals surface area contributed by atoms with Crippen LogP contribution in [0.5, 0.6) is 0 Å². The molecule has 0 aliphatic carbocycles. The predicted molar refractivity (Wildman–Crippen MR) is 87.9 cm³/mol. The molecule has 0 bridgehead atoms. The number of aliphatic hydroxyl groups excluding tert-OH is 1. The number of allylic oxidation sites excluding steroid dienone is 4. The van der Waals surface area contributed by atoms with Crippen molar-refractivity contribution < 1.29 is 15.0 Å². The molecular formula is C18H33O3-. The summed E-state index contributed by atoms with van der Waals surface area (Å²) in [6.07, 6.45) is 17.6. The van der Waals surface area contributed by atoms with Crippen molar-refractivity contribution >= 4 is 5.97 Å². The third-order valence-electron chi connectivity index (χ3n) is 2.85. The number of aliphatic hydroxyl groups is 1. The highest BCUT2D eigenvalue weighted by molar-refractivity contribution is 5.60. The van der Waals surface area contributed by atoms with Crippen molar-refractivity contribution in [3.05, 3.63) is 23.8 Å². The molecule has 0 saturated heterocycles. The van der Waals surface area contributed by atoms with Crippen LogP contribution < -0.4 is 5.11 Å². The van der Waals surface area contributed by atoms with E-state index in [1.807, 2.05) is 0 Å². The van der Waals surface area contributed by atoms with Gasteiger partial charge in [0, 0.05) is 12.6 Å². The Balaban J connectivity index is 0. The summed E-state index contributed by atoms with van der Waals surface area (Å²) in [5.41, 5.74) is 1.64. The van der Waals surface area contributed by atoms with Crippen LogP contribution in [0.15, 0.2) is 23.8 Å². The van der Waals surface area contributed by atoms with Crippen molar-refractivity contribution in [2.24, 2.45) is 0 Å². The fourth-order valence-corrected chi connectivity index (χ4v) is 1.96. The van der Waals surface area contributed by atoms with Crippen LogP contribution in [0.25, 0.3) is 0 Å². The summed E-state index contributed by atoms with van der Waals surface area (Å²) in [5, 5.41) is 17.5. The minimum absolute atomic E-state index is 0.327. The first-order chi connectivity index (χ1) is 10.1. The van der Waals surface area contributed by atoms with E-state index < -0.39 is 5.97 Å². The standard InChI is InChI=1S/C16H30O.C2H4O2/c1-3-12-16(13-4-2)14-10-8-6-5-7-9-11-15-17;1-2(3)4/h5-6,14,17H,3-4,7-13,15H2,1-2H3;1H3,(H,3,4)/p-1. The summed E-state index contributed by atoms with van der Waals surface area (Å²) in [5.74, 6) is -1.08. The van der Waals surface area contributed by atoms with Crippen LogP contribution in [0.3, 0.4) is 0 Å². The highest BCUT2D eigenvalue weighted by atomic mass is 16.4. The summed E-state index contributed by atoms with van der Waals surface area (Å²) in [4.78, 5) is 8.89. The normalized spacial score (nSPS) is 10.1. The largest absolute Gasteiger partial charge is 0.550 e. The molecule has 0 saturated carbocycles. The molecule has 0 aromatic heterocycles. The number of rotatable bonds is 11. The van der Waals surface area contributed by atoms with E-state index in [1.54, 1.807) is 5.57 Å². The molecule has 0 fully saturated rings. The Labute approximate surface area is 130 Å². The Hall–Kier alpha value is -1.09. The molecule has 3 heteroatoms. The number of carbonyl (C=O) groups is 1. The number of carboxylic acid groups (broad SMARTS) is 1. The summed E-state index contributed by atoms with van der Waals surface area (Å²) in [6, 6.07) is 0. The van der Waals surface area contributed by atoms with Crippen molar-refractivity contribution in [1.29, 1.82) is 0 Å². The maximum atomic E-state index is 8.89. The highest BCUT2D eigenvalue weighted by Gasteiger charge is 1.93. The number of hydrogen-bond acceptors (Lipinski definition) is 3. The summed E-state index contributed by atoms with van der Waals surface area (Å²) in [6.45, 7) is 5.81. The fourth-order valence-electron chi connectivity index (χ4n) is 1.96. The average Bonchev–Trinajstić information content (AvgIpc) is 2.41. The maximum Gasteiger partial charge on any atom is 0.0431 e. The van der Waals surface area contributed by atoms with Gasteiger partial charge in [0.05, 0.1) is 0 Å². The van der Waals surface area contributed by atoms with E-state index in [0.29, 0.717) is 6.61 Å². The van der Waals surface area contributed by atoms with Gasteiger partial charge < -0.3 is 15.0 Å². The highest BCUT2D eigenvalue weighted by Crippen LogP contribution is 2.13. The first kappa shape index (κ1) is 22.2. The van der Waals surface area contributed by atoms with Crippen LogP contribution >= 0.6 is 0 Å².